The zero-order valence-electron chi connectivity index (χ0n) is 15.4. The van der Waals surface area contributed by atoms with Crippen LogP contribution in [0.3, 0.4) is 0 Å². The number of hydrogen-bond acceptors (Lipinski definition) is 6. The summed E-state index contributed by atoms with van der Waals surface area (Å²) in [7, 11) is 7.28. The number of aromatic nitrogens is 2. The minimum Gasteiger partial charge on any atom is -0.497 e. The highest BCUT2D eigenvalue weighted by atomic mass is 16.5. The van der Waals surface area contributed by atoms with E-state index < -0.39 is 0 Å². The molecule has 25 heavy (non-hydrogen) atoms. The van der Waals surface area contributed by atoms with E-state index in [2.05, 4.69) is 10.3 Å². The summed E-state index contributed by atoms with van der Waals surface area (Å²) in [6, 6.07) is 6.19. The zero-order chi connectivity index (χ0) is 17.8. The van der Waals surface area contributed by atoms with Crippen LogP contribution < -0.4 is 19.7 Å². The molecule has 134 valence electrons. The quantitative estimate of drug-likeness (QED) is 0.871. The molecule has 1 aliphatic rings. The van der Waals surface area contributed by atoms with Gasteiger partial charge in [-0.3, -0.25) is 0 Å². The molecule has 0 saturated carbocycles. The molecule has 2 aromatic rings. The minimum atomic E-state index is 0.270. The van der Waals surface area contributed by atoms with Gasteiger partial charge >= 0.3 is 0 Å². The van der Waals surface area contributed by atoms with Crippen molar-refractivity contribution in [2.45, 2.75) is 31.8 Å². The lowest BCUT2D eigenvalue weighted by Crippen LogP contribution is -2.27. The van der Waals surface area contributed by atoms with Crippen LogP contribution in [0, 0.1) is 0 Å². The Balaban J connectivity index is 1.75. The summed E-state index contributed by atoms with van der Waals surface area (Å²) in [5.74, 6) is 2.41. The summed E-state index contributed by atoms with van der Waals surface area (Å²) in [4.78, 5) is 11.1. The summed E-state index contributed by atoms with van der Waals surface area (Å²) in [6.45, 7) is 0.729. The number of hydrogen-bond donors (Lipinski definition) is 1. The molecule has 1 aromatic carbocycles. The maximum atomic E-state index is 5.49. The molecule has 1 atom stereocenters. The van der Waals surface area contributed by atoms with Crippen LogP contribution in [0.2, 0.25) is 0 Å². The van der Waals surface area contributed by atoms with E-state index in [9.17, 15) is 0 Å². The third-order valence-electron chi connectivity index (χ3n) is 4.60. The van der Waals surface area contributed by atoms with E-state index in [-0.39, 0.29) is 6.04 Å². The predicted molar refractivity (Wildman–Crippen MR) is 98.4 cm³/mol. The number of fused-ring (bicyclic) bond motifs is 1. The molecule has 0 fully saturated rings. The van der Waals surface area contributed by atoms with Crippen molar-refractivity contribution in [1.82, 2.24) is 15.3 Å². The van der Waals surface area contributed by atoms with E-state index in [0.717, 1.165) is 54.5 Å². The molecule has 1 heterocycles. The highest BCUT2D eigenvalue weighted by Gasteiger charge is 2.22. The summed E-state index contributed by atoms with van der Waals surface area (Å²) < 4.78 is 10.8. The molecule has 6 nitrogen and oxygen atoms in total. The number of nitrogens with zero attached hydrogens (tertiary/aromatic N) is 3. The van der Waals surface area contributed by atoms with Gasteiger partial charge in [0, 0.05) is 50.1 Å². The van der Waals surface area contributed by atoms with Crippen LogP contribution in [-0.4, -0.2) is 38.3 Å². The molecule has 0 saturated heterocycles. The molecule has 1 N–H and O–H groups in total. The summed E-state index contributed by atoms with van der Waals surface area (Å²) in [5.41, 5.74) is 3.48. The van der Waals surface area contributed by atoms with Gasteiger partial charge in [0.05, 0.1) is 19.9 Å². The van der Waals surface area contributed by atoms with Gasteiger partial charge in [0.2, 0.25) is 5.95 Å². The number of rotatable bonds is 6. The first kappa shape index (κ1) is 17.5. The molecule has 6 heteroatoms. The van der Waals surface area contributed by atoms with Gasteiger partial charge in [-0.15, -0.1) is 0 Å². The Morgan fingerprint density at radius 1 is 1.24 bits per heavy atom. The fourth-order valence-corrected chi connectivity index (χ4v) is 3.19. The van der Waals surface area contributed by atoms with Gasteiger partial charge in [-0.05, 0) is 25.3 Å². The SMILES string of the molecule is COc1ccc(CNC2CCCc3nc(N(C)C)ncc32)c(OC)c1. The first-order valence-electron chi connectivity index (χ1n) is 8.59. The molecule has 3 rings (SSSR count). The molecule has 0 bridgehead atoms. The van der Waals surface area contributed by atoms with E-state index in [1.807, 2.05) is 43.4 Å². The molecular weight excluding hydrogens is 316 g/mol. The Morgan fingerprint density at radius 2 is 2.08 bits per heavy atom. The number of nitrogens with one attached hydrogen (secondary N) is 1. The van der Waals surface area contributed by atoms with E-state index in [4.69, 9.17) is 14.5 Å². The van der Waals surface area contributed by atoms with Crippen molar-refractivity contribution < 1.29 is 9.47 Å². The normalized spacial score (nSPS) is 16.2. The van der Waals surface area contributed by atoms with Gasteiger partial charge < -0.3 is 19.7 Å². The first-order chi connectivity index (χ1) is 12.1. The fourth-order valence-electron chi connectivity index (χ4n) is 3.19. The highest BCUT2D eigenvalue weighted by Crippen LogP contribution is 2.30. The second-order valence-corrected chi connectivity index (χ2v) is 6.47. The third kappa shape index (κ3) is 3.85. The zero-order valence-corrected chi connectivity index (χ0v) is 15.4. The minimum absolute atomic E-state index is 0.270. The van der Waals surface area contributed by atoms with E-state index in [0.29, 0.717) is 0 Å². The Hall–Kier alpha value is -2.34. The van der Waals surface area contributed by atoms with Crippen molar-refractivity contribution >= 4 is 5.95 Å². The van der Waals surface area contributed by atoms with Crippen LogP contribution in [0.1, 0.15) is 35.7 Å². The van der Waals surface area contributed by atoms with Crippen molar-refractivity contribution in [3.8, 4) is 11.5 Å². The van der Waals surface area contributed by atoms with Crippen LogP contribution in [0.25, 0.3) is 0 Å². The first-order valence-corrected chi connectivity index (χ1v) is 8.59. The molecule has 0 spiro atoms. The average molecular weight is 342 g/mol. The van der Waals surface area contributed by atoms with Crippen molar-refractivity contribution in [2.24, 2.45) is 0 Å². The molecule has 1 aromatic heterocycles. The Labute approximate surface area is 149 Å². The maximum absolute atomic E-state index is 5.49. The van der Waals surface area contributed by atoms with Crippen molar-refractivity contribution in [2.75, 3.05) is 33.2 Å². The summed E-state index contributed by atoms with van der Waals surface area (Å²) in [5, 5.41) is 3.64. The molecular formula is C19H26N4O2. The van der Waals surface area contributed by atoms with E-state index >= 15 is 0 Å². The van der Waals surface area contributed by atoms with Gasteiger partial charge in [0.1, 0.15) is 11.5 Å². The topological polar surface area (TPSA) is 59.5 Å². The lowest BCUT2D eigenvalue weighted by molar-refractivity contribution is 0.386. The highest BCUT2D eigenvalue weighted by molar-refractivity contribution is 5.41. The molecule has 0 radical (unpaired) electrons. The van der Waals surface area contributed by atoms with Gasteiger partial charge in [-0.1, -0.05) is 6.07 Å². The number of aryl methyl sites for hydroxylation is 1. The van der Waals surface area contributed by atoms with Crippen molar-refractivity contribution in [3.63, 3.8) is 0 Å². The van der Waals surface area contributed by atoms with Gasteiger partial charge in [0.15, 0.2) is 0 Å². The second-order valence-electron chi connectivity index (χ2n) is 6.47. The van der Waals surface area contributed by atoms with Crippen LogP contribution >= 0.6 is 0 Å². The van der Waals surface area contributed by atoms with Crippen LogP contribution in [0.5, 0.6) is 11.5 Å². The fraction of sp³-hybridized carbons (Fsp3) is 0.474. The van der Waals surface area contributed by atoms with Gasteiger partial charge in [-0.2, -0.15) is 0 Å². The summed E-state index contributed by atoms with van der Waals surface area (Å²) >= 11 is 0. The number of methoxy groups -OCH3 is 2. The molecule has 0 aliphatic heterocycles. The number of ether oxygens (including phenoxy) is 2. The lowest BCUT2D eigenvalue weighted by Gasteiger charge is -2.26. The Morgan fingerprint density at radius 3 is 2.80 bits per heavy atom. The van der Waals surface area contributed by atoms with Crippen LogP contribution in [-0.2, 0) is 13.0 Å². The maximum Gasteiger partial charge on any atom is 0.225 e. The Bertz CT molecular complexity index is 733. The van der Waals surface area contributed by atoms with Crippen LogP contribution in [0.4, 0.5) is 5.95 Å². The van der Waals surface area contributed by atoms with Crippen molar-refractivity contribution in [3.05, 3.63) is 41.2 Å². The smallest absolute Gasteiger partial charge is 0.225 e. The number of anilines is 1. The largest absolute Gasteiger partial charge is 0.497 e. The summed E-state index contributed by atoms with van der Waals surface area (Å²) in [6.07, 6.45) is 5.22. The van der Waals surface area contributed by atoms with E-state index in [1.165, 1.54) is 5.56 Å². The lowest BCUT2D eigenvalue weighted by atomic mass is 9.92. The predicted octanol–water partition coefficient (Wildman–Crippen LogP) is 2.73. The average Bonchev–Trinajstić information content (AvgIpc) is 2.65. The van der Waals surface area contributed by atoms with E-state index in [1.54, 1.807) is 14.2 Å². The molecule has 0 amide bonds. The van der Waals surface area contributed by atoms with Crippen LogP contribution in [0.15, 0.2) is 24.4 Å². The molecule has 1 unspecified atom stereocenters. The number of benzene rings is 1. The van der Waals surface area contributed by atoms with Gasteiger partial charge in [-0.25, -0.2) is 9.97 Å². The Kier molecular flexibility index (Phi) is 5.38. The third-order valence-corrected chi connectivity index (χ3v) is 4.60. The monoisotopic (exact) mass is 342 g/mol. The molecule has 1 aliphatic carbocycles. The second kappa shape index (κ2) is 7.70. The standard InChI is InChI=1S/C19H26N4O2/c1-23(2)19-21-12-15-16(6-5-7-17(15)22-19)20-11-13-8-9-14(24-3)10-18(13)25-4/h8-10,12,16,20H,5-7,11H2,1-4H3. The van der Waals surface area contributed by atoms with Crippen molar-refractivity contribution in [1.29, 1.82) is 0 Å². The van der Waals surface area contributed by atoms with Gasteiger partial charge in [0.25, 0.3) is 0 Å².